The summed E-state index contributed by atoms with van der Waals surface area (Å²) in [5.41, 5.74) is 5.38. The van der Waals surface area contributed by atoms with Crippen LogP contribution in [0, 0.1) is 5.82 Å². The Hall–Kier alpha value is -6.77. The summed E-state index contributed by atoms with van der Waals surface area (Å²) in [5, 5.41) is 5.74. The summed E-state index contributed by atoms with van der Waals surface area (Å²) in [4.78, 5) is 56.6. The highest BCUT2D eigenvalue weighted by Gasteiger charge is 2.37. The van der Waals surface area contributed by atoms with E-state index in [0.717, 1.165) is 27.9 Å². The van der Waals surface area contributed by atoms with Crippen LogP contribution in [0.15, 0.2) is 133 Å². The molecule has 2 aliphatic heterocycles. The highest BCUT2D eigenvalue weighted by Crippen LogP contribution is 2.24. The van der Waals surface area contributed by atoms with Crippen molar-refractivity contribution in [1.82, 2.24) is 9.80 Å². The Morgan fingerprint density at radius 1 is 0.569 bits per heavy atom. The Kier molecular flexibility index (Phi) is 12.9. The fraction of sp³-hybridized carbons (Fsp3) is 0.227. The third-order valence-electron chi connectivity index (χ3n) is 9.63. The number of rotatable bonds is 13. The Morgan fingerprint density at radius 2 is 0.983 bits per heavy atom. The molecule has 7 rings (SSSR count). The Bertz CT molecular complexity index is 2030. The van der Waals surface area contributed by atoms with E-state index in [-0.39, 0.29) is 45.7 Å². The lowest BCUT2D eigenvalue weighted by atomic mass is 10.1. The van der Waals surface area contributed by atoms with Crippen molar-refractivity contribution in [3.05, 3.63) is 162 Å². The average Bonchev–Trinajstić information content (AvgIpc) is 3.96. The van der Waals surface area contributed by atoms with Crippen LogP contribution in [0.1, 0.15) is 22.3 Å². The van der Waals surface area contributed by atoms with E-state index in [1.165, 1.54) is 21.9 Å². The van der Waals surface area contributed by atoms with E-state index in [1.54, 1.807) is 36.4 Å². The van der Waals surface area contributed by atoms with E-state index in [2.05, 4.69) is 15.5 Å². The van der Waals surface area contributed by atoms with Gasteiger partial charge in [-0.1, -0.05) is 84.9 Å². The smallest absolute Gasteiger partial charge is 0.412 e. The molecule has 2 N–H and O–H groups in total. The van der Waals surface area contributed by atoms with Crippen LogP contribution in [0.2, 0.25) is 0 Å². The molecule has 298 valence electrons. The van der Waals surface area contributed by atoms with Gasteiger partial charge in [0.2, 0.25) is 11.8 Å². The van der Waals surface area contributed by atoms with Gasteiger partial charge in [0, 0.05) is 30.2 Å². The molecule has 0 aromatic heterocycles. The molecule has 13 nitrogen and oxygen atoms in total. The van der Waals surface area contributed by atoms with Crippen molar-refractivity contribution < 1.29 is 42.5 Å². The van der Waals surface area contributed by atoms with Gasteiger partial charge in [0.25, 0.3) is 0 Å². The number of ether oxygens (including phenoxy) is 4. The van der Waals surface area contributed by atoms with Gasteiger partial charge in [0.05, 0.1) is 13.2 Å². The molecule has 2 fully saturated rings. The highest BCUT2D eigenvalue weighted by molar-refractivity contribution is 5.97. The number of carbonyl (C=O) groups is 4. The Balaban J connectivity index is 0.939. The minimum Gasteiger partial charge on any atom is -0.444 e. The van der Waals surface area contributed by atoms with Gasteiger partial charge in [-0.25, -0.2) is 14.0 Å². The van der Waals surface area contributed by atoms with E-state index in [1.807, 2.05) is 84.9 Å². The van der Waals surface area contributed by atoms with Crippen LogP contribution in [0.5, 0.6) is 0 Å². The molecular weight excluding hydrogens is 746 g/mol. The molecule has 2 unspecified atom stereocenters. The number of nitrogens with one attached hydrogen (secondary N) is 2. The average molecular weight is 788 g/mol. The third-order valence-corrected chi connectivity index (χ3v) is 9.63. The minimum atomic E-state index is -0.850. The number of carbonyl (C=O) groups excluding carboxylic acids is 4. The Morgan fingerprint density at radius 3 is 1.40 bits per heavy atom. The largest absolute Gasteiger partial charge is 0.444 e. The molecule has 58 heavy (non-hydrogen) atoms. The first-order valence-corrected chi connectivity index (χ1v) is 18.7. The van der Waals surface area contributed by atoms with Crippen molar-refractivity contribution in [3.8, 4) is 0 Å². The number of hydrogen-bond acceptors (Lipinski definition) is 9. The monoisotopic (exact) mass is 787 g/mol. The van der Waals surface area contributed by atoms with Crippen LogP contribution >= 0.6 is 0 Å². The summed E-state index contributed by atoms with van der Waals surface area (Å²) in [6.45, 7) is 1.05. The molecule has 2 atom stereocenters. The molecule has 5 aromatic rings. The normalized spacial score (nSPS) is 16.1. The zero-order chi connectivity index (χ0) is 40.3. The first-order valence-electron chi connectivity index (χ1n) is 18.7. The molecule has 2 aliphatic rings. The number of hydrogen-bond donors (Lipinski definition) is 2. The topological polar surface area (TPSA) is 139 Å². The number of anilines is 3. The van der Waals surface area contributed by atoms with Crippen LogP contribution in [-0.4, -0.2) is 72.6 Å². The fourth-order valence-corrected chi connectivity index (χ4v) is 6.45. The lowest BCUT2D eigenvalue weighted by Crippen LogP contribution is -2.44. The maximum absolute atomic E-state index is 13.9. The van der Waals surface area contributed by atoms with Gasteiger partial charge < -0.3 is 34.5 Å². The maximum Gasteiger partial charge on any atom is 0.412 e. The summed E-state index contributed by atoms with van der Waals surface area (Å²) in [5.74, 6) is -1.15. The lowest BCUT2D eigenvalue weighted by Gasteiger charge is -2.26. The number of nitrogens with zero attached hydrogens (tertiary/aromatic N) is 3. The van der Waals surface area contributed by atoms with Gasteiger partial charge >= 0.3 is 12.2 Å². The van der Waals surface area contributed by atoms with E-state index < -0.39 is 36.1 Å². The second-order valence-electron chi connectivity index (χ2n) is 13.8. The second-order valence-corrected chi connectivity index (χ2v) is 13.8. The molecule has 0 radical (unpaired) electrons. The molecule has 14 heteroatoms. The van der Waals surface area contributed by atoms with Crippen LogP contribution in [0.3, 0.4) is 0 Å². The minimum absolute atomic E-state index is 0.0461. The third kappa shape index (κ3) is 10.3. The van der Waals surface area contributed by atoms with Gasteiger partial charge in [0.1, 0.15) is 44.6 Å². The zero-order valence-electron chi connectivity index (χ0n) is 31.5. The van der Waals surface area contributed by atoms with Crippen molar-refractivity contribution in [2.75, 3.05) is 42.2 Å². The first-order chi connectivity index (χ1) is 28.3. The number of halogens is 1. The van der Waals surface area contributed by atoms with Crippen LogP contribution in [0.4, 0.5) is 31.0 Å². The molecule has 0 saturated carbocycles. The van der Waals surface area contributed by atoms with Gasteiger partial charge in [-0.05, 0) is 70.8 Å². The van der Waals surface area contributed by atoms with E-state index >= 15 is 0 Å². The van der Waals surface area contributed by atoms with Crippen molar-refractivity contribution in [3.63, 3.8) is 0 Å². The summed E-state index contributed by atoms with van der Waals surface area (Å²) in [7, 11) is 0. The molecule has 4 amide bonds. The molecule has 5 aromatic carbocycles. The van der Waals surface area contributed by atoms with Crippen LogP contribution < -0.4 is 15.5 Å². The number of benzene rings is 5. The van der Waals surface area contributed by atoms with Gasteiger partial charge in [-0.15, -0.1) is 0 Å². The van der Waals surface area contributed by atoms with Crippen LogP contribution in [-0.2, 0) is 54.8 Å². The summed E-state index contributed by atoms with van der Waals surface area (Å²) in [6, 6.07) is 37.7. The second kappa shape index (κ2) is 18.9. The van der Waals surface area contributed by atoms with E-state index in [9.17, 15) is 23.6 Å². The number of amides is 4. The van der Waals surface area contributed by atoms with Gasteiger partial charge in [-0.3, -0.25) is 19.4 Å². The zero-order valence-corrected chi connectivity index (χ0v) is 31.5. The summed E-state index contributed by atoms with van der Waals surface area (Å²) >= 11 is 0. The van der Waals surface area contributed by atoms with Crippen LogP contribution in [0.25, 0.3) is 0 Å². The Labute approximate surface area is 334 Å². The predicted molar refractivity (Wildman–Crippen MR) is 213 cm³/mol. The summed E-state index contributed by atoms with van der Waals surface area (Å²) in [6.07, 6.45) is -1.27. The molecule has 0 spiro atoms. The van der Waals surface area contributed by atoms with E-state index in [0.29, 0.717) is 24.5 Å². The molecule has 0 aliphatic carbocycles. The molecule has 2 heterocycles. The van der Waals surface area contributed by atoms with Gasteiger partial charge in [0.15, 0.2) is 0 Å². The molecule has 2 saturated heterocycles. The van der Waals surface area contributed by atoms with Gasteiger partial charge in [-0.2, -0.15) is 0 Å². The van der Waals surface area contributed by atoms with Crippen molar-refractivity contribution in [2.24, 2.45) is 0 Å². The summed E-state index contributed by atoms with van der Waals surface area (Å²) < 4.78 is 35.6. The first kappa shape index (κ1) is 39.5. The predicted octanol–water partition coefficient (Wildman–Crippen LogP) is 6.90. The van der Waals surface area contributed by atoms with Crippen molar-refractivity contribution in [1.29, 1.82) is 0 Å². The highest BCUT2D eigenvalue weighted by atomic mass is 19.1. The fourth-order valence-electron chi connectivity index (χ4n) is 6.45. The lowest BCUT2D eigenvalue weighted by molar-refractivity contribution is -0.120. The van der Waals surface area contributed by atoms with E-state index in [4.69, 9.17) is 18.9 Å². The SMILES string of the molecule is O=C(Nc1ccc(CN(Cc2ccc(NC(=O)C3COCN3C(=O)OCc3ccccc3)cc2)c2ccc(F)cc2)cc1)C1COCN1C(=O)OCc1ccccc1. The quantitative estimate of drug-likeness (QED) is 0.131. The van der Waals surface area contributed by atoms with Crippen molar-refractivity contribution >= 4 is 41.1 Å². The molecular formula is C44H42FN5O8. The standard InChI is InChI=1S/C44H42FN5O8/c45-35-15-21-38(22-16-35)48(23-31-11-17-36(18-12-31)46-41(51)39-27-55-29-49(39)43(53)57-25-33-7-3-1-4-8-33)24-32-13-19-37(20-14-32)47-42(52)40-28-56-30-50(40)44(54)58-26-34-9-5-2-6-10-34/h1-22,39-40H,23-30H2,(H,46,51)(H,47,52). The molecule has 0 bridgehead atoms. The maximum atomic E-state index is 13.9. The van der Waals surface area contributed by atoms with Crippen molar-refractivity contribution in [2.45, 2.75) is 38.4 Å².